The lowest BCUT2D eigenvalue weighted by Crippen LogP contribution is -2.51. The van der Waals surface area contributed by atoms with Crippen LogP contribution in [0.1, 0.15) is 18.5 Å². The second-order valence-corrected chi connectivity index (χ2v) is 6.97. The molecule has 8 nitrogen and oxygen atoms in total. The van der Waals surface area contributed by atoms with Crippen LogP contribution in [0.5, 0.6) is 5.75 Å². The minimum Gasteiger partial charge on any atom is -0.496 e. The smallest absolute Gasteiger partial charge is 0.338 e. The number of esters is 1. The van der Waals surface area contributed by atoms with Crippen LogP contribution in [0.25, 0.3) is 0 Å². The van der Waals surface area contributed by atoms with Crippen LogP contribution in [0.3, 0.4) is 0 Å². The molecule has 0 aromatic heterocycles. The number of urea groups is 1. The summed E-state index contributed by atoms with van der Waals surface area (Å²) in [6.07, 6.45) is 0. The van der Waals surface area contributed by atoms with Gasteiger partial charge in [0, 0.05) is 44.0 Å². The Balaban J connectivity index is 1.99. The van der Waals surface area contributed by atoms with Crippen LogP contribution >= 0.6 is 0 Å². The van der Waals surface area contributed by atoms with Crippen molar-refractivity contribution < 1.29 is 19.1 Å². The van der Waals surface area contributed by atoms with Gasteiger partial charge in [0.25, 0.3) is 0 Å². The minimum atomic E-state index is -0.633. The molecule has 0 radical (unpaired) electrons. The first kappa shape index (κ1) is 20.2. The molecule has 3 rings (SSSR count). The predicted octanol–water partition coefficient (Wildman–Crippen LogP) is 1.11. The van der Waals surface area contributed by atoms with Crippen molar-refractivity contribution in [1.29, 1.82) is 0 Å². The Kier molecular flexibility index (Phi) is 6.53. The van der Waals surface area contributed by atoms with Gasteiger partial charge in [0.2, 0.25) is 0 Å². The lowest BCUT2D eigenvalue weighted by atomic mass is 9.94. The number of methoxy groups -OCH3 is 1. The maximum absolute atomic E-state index is 12.9. The predicted molar refractivity (Wildman–Crippen MR) is 105 cm³/mol. The number of likely N-dealkylation sites (N-methyl/N-ethyl adjacent to an activating group) is 1. The number of ether oxygens (including phenoxy) is 2. The van der Waals surface area contributed by atoms with E-state index < -0.39 is 12.0 Å². The Hall–Kier alpha value is -2.58. The van der Waals surface area contributed by atoms with E-state index in [0.717, 1.165) is 31.7 Å². The summed E-state index contributed by atoms with van der Waals surface area (Å²) in [5.74, 6) is 0.172. The zero-order valence-corrected chi connectivity index (χ0v) is 16.7. The van der Waals surface area contributed by atoms with Crippen molar-refractivity contribution in [3.63, 3.8) is 0 Å². The highest BCUT2D eigenvalue weighted by Gasteiger charge is 2.35. The van der Waals surface area contributed by atoms with Gasteiger partial charge in [0.1, 0.15) is 5.75 Å². The highest BCUT2D eigenvalue weighted by atomic mass is 16.5. The molecule has 1 saturated heterocycles. The first-order chi connectivity index (χ1) is 13.5. The zero-order chi connectivity index (χ0) is 20.1. The van der Waals surface area contributed by atoms with Crippen molar-refractivity contribution in [1.82, 2.24) is 20.4 Å². The summed E-state index contributed by atoms with van der Waals surface area (Å²) < 4.78 is 10.8. The molecule has 0 spiro atoms. The monoisotopic (exact) mass is 388 g/mol. The van der Waals surface area contributed by atoms with Gasteiger partial charge in [-0.05, 0) is 20.0 Å². The molecule has 2 N–H and O–H groups in total. The largest absolute Gasteiger partial charge is 0.496 e. The fourth-order valence-electron chi connectivity index (χ4n) is 3.56. The Morgan fingerprint density at radius 3 is 2.61 bits per heavy atom. The van der Waals surface area contributed by atoms with Crippen molar-refractivity contribution in [3.05, 3.63) is 41.1 Å². The number of para-hydroxylation sites is 1. The number of rotatable bonds is 6. The summed E-state index contributed by atoms with van der Waals surface area (Å²) in [4.78, 5) is 29.7. The van der Waals surface area contributed by atoms with E-state index in [1.54, 1.807) is 14.0 Å². The summed E-state index contributed by atoms with van der Waals surface area (Å²) in [6.45, 7) is 6.16. The molecule has 0 saturated carbocycles. The van der Waals surface area contributed by atoms with E-state index in [-0.39, 0.29) is 12.6 Å². The molecule has 1 aromatic carbocycles. The van der Waals surface area contributed by atoms with Crippen molar-refractivity contribution >= 4 is 12.0 Å². The second kappa shape index (κ2) is 9.07. The first-order valence-corrected chi connectivity index (χ1v) is 9.55. The molecule has 28 heavy (non-hydrogen) atoms. The highest BCUT2D eigenvalue weighted by Crippen LogP contribution is 2.33. The maximum atomic E-state index is 12.9. The summed E-state index contributed by atoms with van der Waals surface area (Å²) in [5.41, 5.74) is 1.73. The van der Waals surface area contributed by atoms with E-state index in [4.69, 9.17) is 9.47 Å². The fraction of sp³-hybridized carbons (Fsp3) is 0.500. The summed E-state index contributed by atoms with van der Waals surface area (Å²) in [5, 5.41) is 5.69. The molecule has 0 unspecified atom stereocenters. The van der Waals surface area contributed by atoms with Gasteiger partial charge in [-0.25, -0.2) is 9.59 Å². The third kappa shape index (κ3) is 4.45. The number of nitrogens with zero attached hydrogens (tertiary/aromatic N) is 2. The molecule has 1 aromatic rings. The Bertz CT molecular complexity index is 756. The number of hydrogen-bond donors (Lipinski definition) is 2. The molecule has 1 atom stereocenters. The lowest BCUT2D eigenvalue weighted by Gasteiger charge is -2.35. The topological polar surface area (TPSA) is 83.1 Å². The van der Waals surface area contributed by atoms with Crippen LogP contribution in [0.15, 0.2) is 35.5 Å². The minimum absolute atomic E-state index is 0.261. The van der Waals surface area contributed by atoms with Crippen LogP contribution in [0.2, 0.25) is 0 Å². The molecule has 1 fully saturated rings. The van der Waals surface area contributed by atoms with E-state index >= 15 is 0 Å². The lowest BCUT2D eigenvalue weighted by molar-refractivity contribution is -0.139. The summed E-state index contributed by atoms with van der Waals surface area (Å²) in [6, 6.07) is 6.40. The molecule has 2 heterocycles. The van der Waals surface area contributed by atoms with Crippen LogP contribution in [-0.4, -0.2) is 75.3 Å². The van der Waals surface area contributed by atoms with Gasteiger partial charge in [-0.3, -0.25) is 4.90 Å². The van der Waals surface area contributed by atoms with E-state index in [2.05, 4.69) is 27.5 Å². The number of nitrogens with one attached hydrogen (secondary N) is 2. The molecule has 0 bridgehead atoms. The van der Waals surface area contributed by atoms with Crippen molar-refractivity contribution in [3.8, 4) is 5.75 Å². The second-order valence-electron chi connectivity index (χ2n) is 6.97. The van der Waals surface area contributed by atoms with Gasteiger partial charge in [-0.15, -0.1) is 0 Å². The SMILES string of the molecule is CCOC(=O)C1=C(CN2CCN(C)CC2)NC(=O)N[C@@H]1c1ccccc1OC. The maximum Gasteiger partial charge on any atom is 0.338 e. The van der Waals surface area contributed by atoms with Gasteiger partial charge in [-0.2, -0.15) is 0 Å². The van der Waals surface area contributed by atoms with Crippen LogP contribution in [0.4, 0.5) is 4.79 Å². The Labute approximate surface area is 165 Å². The molecule has 2 aliphatic rings. The van der Waals surface area contributed by atoms with Crippen molar-refractivity contribution in [2.24, 2.45) is 0 Å². The molecule has 2 aliphatic heterocycles. The normalized spacial score (nSPS) is 21.1. The van der Waals surface area contributed by atoms with E-state index in [0.29, 0.717) is 23.6 Å². The third-order valence-corrected chi connectivity index (χ3v) is 5.08. The van der Waals surface area contributed by atoms with Crippen LogP contribution < -0.4 is 15.4 Å². The third-order valence-electron chi connectivity index (χ3n) is 5.08. The summed E-state index contributed by atoms with van der Waals surface area (Å²) in [7, 11) is 3.66. The molecule has 2 amide bonds. The van der Waals surface area contributed by atoms with Gasteiger partial charge < -0.3 is 25.0 Å². The average molecular weight is 388 g/mol. The number of carbonyl (C=O) groups is 2. The zero-order valence-electron chi connectivity index (χ0n) is 16.7. The number of hydrogen-bond acceptors (Lipinski definition) is 6. The van der Waals surface area contributed by atoms with Gasteiger partial charge in [0.15, 0.2) is 0 Å². The highest BCUT2D eigenvalue weighted by molar-refractivity contribution is 5.95. The number of carbonyl (C=O) groups excluding carboxylic acids is 2. The molecule has 152 valence electrons. The van der Waals surface area contributed by atoms with Crippen molar-refractivity contribution in [2.45, 2.75) is 13.0 Å². The van der Waals surface area contributed by atoms with Gasteiger partial charge >= 0.3 is 12.0 Å². The quantitative estimate of drug-likeness (QED) is 0.711. The van der Waals surface area contributed by atoms with Crippen molar-refractivity contribution in [2.75, 3.05) is 53.5 Å². The van der Waals surface area contributed by atoms with Crippen LogP contribution in [-0.2, 0) is 9.53 Å². The number of piperazine rings is 1. The number of amides is 2. The Morgan fingerprint density at radius 1 is 1.21 bits per heavy atom. The summed E-state index contributed by atoms with van der Waals surface area (Å²) >= 11 is 0. The van der Waals surface area contributed by atoms with E-state index in [1.165, 1.54) is 0 Å². The van der Waals surface area contributed by atoms with Gasteiger partial charge in [0.05, 0.1) is 25.3 Å². The van der Waals surface area contributed by atoms with Crippen LogP contribution in [0, 0.1) is 0 Å². The Morgan fingerprint density at radius 2 is 1.93 bits per heavy atom. The standard InChI is InChI=1S/C20H28N4O4/c1-4-28-19(25)17-15(13-24-11-9-23(2)10-12-24)21-20(26)22-18(17)14-7-5-6-8-16(14)27-3/h5-8,18H,4,9-13H2,1-3H3,(H2,21,22,26)/t18-/m1/s1. The average Bonchev–Trinajstić information content (AvgIpc) is 2.69. The first-order valence-electron chi connectivity index (χ1n) is 9.55. The molecular formula is C20H28N4O4. The molecular weight excluding hydrogens is 360 g/mol. The molecule has 0 aliphatic carbocycles. The number of benzene rings is 1. The van der Waals surface area contributed by atoms with Gasteiger partial charge in [-0.1, -0.05) is 18.2 Å². The fourth-order valence-corrected chi connectivity index (χ4v) is 3.56. The molecule has 8 heteroatoms. The van der Waals surface area contributed by atoms with E-state index in [9.17, 15) is 9.59 Å². The van der Waals surface area contributed by atoms with E-state index in [1.807, 2.05) is 24.3 Å².